The van der Waals surface area contributed by atoms with E-state index >= 15 is 0 Å². The number of hydrogen-bond donors (Lipinski definition) is 1. The lowest BCUT2D eigenvalue weighted by Crippen LogP contribution is -2.53. The highest BCUT2D eigenvalue weighted by molar-refractivity contribution is 7.15. The molecule has 3 nitrogen and oxygen atoms in total. The first-order chi connectivity index (χ1) is 12.9. The van der Waals surface area contributed by atoms with Crippen molar-refractivity contribution in [2.45, 2.75) is 36.7 Å². The van der Waals surface area contributed by atoms with Gasteiger partial charge in [0.25, 0.3) is 5.60 Å². The highest BCUT2D eigenvalue weighted by Crippen LogP contribution is 2.52. The molecule has 0 bridgehead atoms. The number of piperidine rings is 1. The zero-order valence-corrected chi connectivity index (χ0v) is 15.0. The van der Waals surface area contributed by atoms with Crippen molar-refractivity contribution < 1.29 is 35.8 Å². The van der Waals surface area contributed by atoms with E-state index in [1.807, 2.05) is 0 Å². The van der Waals surface area contributed by atoms with Crippen LogP contribution in [0.15, 0.2) is 30.5 Å². The molecule has 2 aromatic rings. The molecule has 0 unspecified atom stereocenters. The van der Waals surface area contributed by atoms with E-state index in [4.69, 9.17) is 0 Å². The van der Waals surface area contributed by atoms with Crippen LogP contribution in [0.3, 0.4) is 0 Å². The van der Waals surface area contributed by atoms with Crippen LogP contribution in [0.2, 0.25) is 0 Å². The summed E-state index contributed by atoms with van der Waals surface area (Å²) in [5.74, 6) is -0.336. The monoisotopic (exact) mass is 428 g/mol. The van der Waals surface area contributed by atoms with Crippen molar-refractivity contribution in [2.75, 3.05) is 18.0 Å². The number of thiazole rings is 1. The summed E-state index contributed by atoms with van der Waals surface area (Å²) in [5.41, 5.74) is -4.17. The maximum atomic E-state index is 13.3. The second-order valence-corrected chi connectivity index (χ2v) is 7.54. The number of benzene rings is 1. The van der Waals surface area contributed by atoms with Gasteiger partial charge in [-0.1, -0.05) is 23.5 Å². The van der Waals surface area contributed by atoms with Gasteiger partial charge in [-0.25, -0.2) is 9.37 Å². The number of aromatic nitrogens is 1. The number of alkyl halides is 6. The summed E-state index contributed by atoms with van der Waals surface area (Å²) >= 11 is 0.164. The van der Waals surface area contributed by atoms with Crippen molar-refractivity contribution >= 4 is 16.5 Å². The molecule has 0 amide bonds. The molecule has 1 aromatic heterocycles. The van der Waals surface area contributed by atoms with Gasteiger partial charge < -0.3 is 10.0 Å². The third-order valence-corrected chi connectivity index (χ3v) is 5.92. The second-order valence-electron chi connectivity index (χ2n) is 6.53. The summed E-state index contributed by atoms with van der Waals surface area (Å²) < 4.78 is 91.2. The summed E-state index contributed by atoms with van der Waals surface area (Å²) in [5, 5.41) is 9.42. The van der Waals surface area contributed by atoms with E-state index in [9.17, 15) is 35.8 Å². The third-order valence-electron chi connectivity index (χ3n) is 4.76. The molecule has 28 heavy (non-hydrogen) atoms. The van der Waals surface area contributed by atoms with Crippen LogP contribution in [0.5, 0.6) is 0 Å². The van der Waals surface area contributed by atoms with Crippen molar-refractivity contribution in [2.24, 2.45) is 0 Å². The molecule has 11 heteroatoms. The van der Waals surface area contributed by atoms with Crippen LogP contribution < -0.4 is 4.90 Å². The van der Waals surface area contributed by atoms with Crippen LogP contribution in [0.25, 0.3) is 0 Å². The molecule has 0 aliphatic carbocycles. The van der Waals surface area contributed by atoms with E-state index in [2.05, 4.69) is 4.98 Å². The number of aliphatic hydroxyl groups is 1. The second kappa shape index (κ2) is 7.18. The lowest BCUT2D eigenvalue weighted by atomic mass is 9.89. The summed E-state index contributed by atoms with van der Waals surface area (Å²) in [6, 6.07) is 6.09. The van der Waals surface area contributed by atoms with E-state index < -0.39 is 22.8 Å². The topological polar surface area (TPSA) is 36.4 Å². The summed E-state index contributed by atoms with van der Waals surface area (Å²) in [4.78, 5) is 3.91. The molecular weight excluding hydrogens is 413 g/mol. The van der Waals surface area contributed by atoms with Gasteiger partial charge in [-0.3, -0.25) is 0 Å². The van der Waals surface area contributed by atoms with Gasteiger partial charge in [-0.15, -0.1) is 0 Å². The summed E-state index contributed by atoms with van der Waals surface area (Å²) in [7, 11) is 0. The van der Waals surface area contributed by atoms with Gasteiger partial charge in [0, 0.05) is 19.3 Å². The van der Waals surface area contributed by atoms with Crippen LogP contribution in [0, 0.1) is 5.82 Å². The predicted octanol–water partition coefficient (Wildman–Crippen LogP) is 4.98. The SMILES string of the molecule is OC(c1cnc(N2CCC(c3cccc(F)c3)CC2)s1)(C(F)(F)F)C(F)(F)F. The molecule has 2 heterocycles. The van der Waals surface area contributed by atoms with Crippen molar-refractivity contribution in [1.82, 2.24) is 4.98 Å². The Labute approximate surface area is 159 Å². The summed E-state index contributed by atoms with van der Waals surface area (Å²) in [6.45, 7) is 0.676. The fourth-order valence-electron chi connectivity index (χ4n) is 3.18. The maximum absolute atomic E-state index is 13.3. The van der Waals surface area contributed by atoms with Crippen LogP contribution in [-0.4, -0.2) is 35.5 Å². The van der Waals surface area contributed by atoms with Crippen LogP contribution in [0.1, 0.15) is 29.2 Å². The van der Waals surface area contributed by atoms with Crippen LogP contribution in [-0.2, 0) is 5.60 Å². The standard InChI is InChI=1S/C17H15F7N2OS/c18-12-3-1-2-11(8-12)10-4-6-26(7-5-10)14-25-9-13(28-14)15(27,16(19,20)21)17(22,23)24/h1-3,8-10,27H,4-7H2. The van der Waals surface area contributed by atoms with Gasteiger partial charge in [-0.2, -0.15) is 26.3 Å². The minimum absolute atomic E-state index is 0.0281. The lowest BCUT2D eigenvalue weighted by molar-refractivity contribution is -0.375. The molecule has 0 radical (unpaired) electrons. The van der Waals surface area contributed by atoms with E-state index in [1.54, 1.807) is 17.0 Å². The van der Waals surface area contributed by atoms with Crippen LogP contribution >= 0.6 is 11.3 Å². The maximum Gasteiger partial charge on any atom is 0.431 e. The highest BCUT2D eigenvalue weighted by atomic mass is 32.1. The Morgan fingerprint density at radius 3 is 2.18 bits per heavy atom. The molecule has 0 spiro atoms. The fourth-order valence-corrected chi connectivity index (χ4v) is 4.28. The number of anilines is 1. The fraction of sp³-hybridized carbons (Fsp3) is 0.471. The summed E-state index contributed by atoms with van der Waals surface area (Å²) in [6.07, 6.45) is -10.4. The van der Waals surface area contributed by atoms with Crippen molar-refractivity contribution in [3.05, 3.63) is 46.7 Å². The van der Waals surface area contributed by atoms with E-state index in [0.717, 1.165) is 5.56 Å². The molecule has 0 saturated carbocycles. The van der Waals surface area contributed by atoms with Gasteiger partial charge in [0.2, 0.25) is 0 Å². The molecule has 1 aliphatic rings. The first-order valence-corrected chi connectivity index (χ1v) is 9.07. The predicted molar refractivity (Wildman–Crippen MR) is 88.7 cm³/mol. The van der Waals surface area contributed by atoms with Gasteiger partial charge >= 0.3 is 12.4 Å². The van der Waals surface area contributed by atoms with Gasteiger partial charge in [0.15, 0.2) is 5.13 Å². The van der Waals surface area contributed by atoms with Crippen LogP contribution in [0.4, 0.5) is 35.9 Å². The minimum atomic E-state index is -5.93. The molecule has 3 rings (SSSR count). The largest absolute Gasteiger partial charge is 0.431 e. The van der Waals surface area contributed by atoms with Gasteiger partial charge in [0.05, 0.1) is 4.88 Å². The van der Waals surface area contributed by atoms with E-state index in [1.165, 1.54) is 12.1 Å². The quantitative estimate of drug-likeness (QED) is 0.701. The van der Waals surface area contributed by atoms with E-state index in [-0.39, 0.29) is 28.2 Å². The Kier molecular flexibility index (Phi) is 5.34. The lowest BCUT2D eigenvalue weighted by Gasteiger charge is -2.32. The van der Waals surface area contributed by atoms with Gasteiger partial charge in [-0.05, 0) is 36.5 Å². The molecule has 1 aromatic carbocycles. The molecule has 1 aliphatic heterocycles. The number of halogens is 7. The number of rotatable bonds is 3. The zero-order valence-electron chi connectivity index (χ0n) is 14.2. The Morgan fingerprint density at radius 2 is 1.64 bits per heavy atom. The Bertz CT molecular complexity index is 811. The Morgan fingerprint density at radius 1 is 1.04 bits per heavy atom. The average molecular weight is 428 g/mol. The smallest absolute Gasteiger partial charge is 0.369 e. The third kappa shape index (κ3) is 3.69. The number of nitrogens with zero attached hydrogens (tertiary/aromatic N) is 2. The molecule has 1 fully saturated rings. The Hall–Kier alpha value is -1.88. The highest BCUT2D eigenvalue weighted by Gasteiger charge is 2.72. The first kappa shape index (κ1) is 20.8. The van der Waals surface area contributed by atoms with Crippen molar-refractivity contribution in [3.63, 3.8) is 0 Å². The minimum Gasteiger partial charge on any atom is -0.369 e. The molecule has 1 N–H and O–H groups in total. The first-order valence-electron chi connectivity index (χ1n) is 8.26. The molecular formula is C17H15F7N2OS. The average Bonchev–Trinajstić information content (AvgIpc) is 3.09. The Balaban J connectivity index is 1.76. The normalized spacial score (nSPS) is 17.2. The number of hydrogen-bond acceptors (Lipinski definition) is 4. The molecule has 0 atom stereocenters. The molecule has 1 saturated heterocycles. The zero-order chi connectivity index (χ0) is 20.7. The van der Waals surface area contributed by atoms with Crippen molar-refractivity contribution in [3.8, 4) is 0 Å². The van der Waals surface area contributed by atoms with Crippen molar-refractivity contribution in [1.29, 1.82) is 0 Å². The van der Waals surface area contributed by atoms with E-state index in [0.29, 0.717) is 32.1 Å². The van der Waals surface area contributed by atoms with Gasteiger partial charge in [0.1, 0.15) is 5.82 Å². The molecule has 154 valence electrons.